The molecule has 0 bridgehead atoms. The van der Waals surface area contributed by atoms with E-state index < -0.39 is 41.9 Å². The van der Waals surface area contributed by atoms with Gasteiger partial charge in [-0.15, -0.1) is 0 Å². The fraction of sp³-hybridized carbons (Fsp3) is 0.300. The molecule has 2 unspecified atom stereocenters. The van der Waals surface area contributed by atoms with Gasteiger partial charge >= 0.3 is 6.18 Å². The molecule has 2 atom stereocenters. The first-order valence-electron chi connectivity index (χ1n) is 8.55. The molecule has 0 fully saturated rings. The maximum Gasteiger partial charge on any atom is 0.417 e. The Hall–Kier alpha value is -2.61. The minimum absolute atomic E-state index is 0.0437. The lowest BCUT2D eigenvalue weighted by Gasteiger charge is -2.46. The molecule has 0 spiro atoms. The van der Waals surface area contributed by atoms with Crippen LogP contribution in [0.5, 0.6) is 5.75 Å². The summed E-state index contributed by atoms with van der Waals surface area (Å²) in [5.74, 6) is -1.00. The third-order valence-corrected chi connectivity index (χ3v) is 5.15. The molecule has 148 valence electrons. The maximum absolute atomic E-state index is 13.8. The SMILES string of the molecule is CC1(CC(O)(Cc2cc3cccc(F)c3[nH]2)C(F)(F)F)Oc2cc(F)ccc21. The summed E-state index contributed by atoms with van der Waals surface area (Å²) in [6.45, 7) is 1.41. The van der Waals surface area contributed by atoms with Crippen LogP contribution in [0, 0.1) is 11.6 Å². The van der Waals surface area contributed by atoms with Crippen molar-refractivity contribution in [1.82, 2.24) is 4.98 Å². The van der Waals surface area contributed by atoms with Gasteiger partial charge in [-0.3, -0.25) is 0 Å². The van der Waals surface area contributed by atoms with E-state index in [1.165, 1.54) is 31.2 Å². The van der Waals surface area contributed by atoms with E-state index in [0.717, 1.165) is 12.1 Å². The highest BCUT2D eigenvalue weighted by Crippen LogP contribution is 2.51. The molecular weight excluding hydrogens is 381 g/mol. The number of aromatic amines is 1. The zero-order chi connectivity index (χ0) is 20.3. The Balaban J connectivity index is 1.67. The van der Waals surface area contributed by atoms with E-state index in [4.69, 9.17) is 4.74 Å². The Kier molecular flexibility index (Phi) is 3.98. The molecule has 8 heteroatoms. The summed E-state index contributed by atoms with van der Waals surface area (Å²) in [6.07, 6.45) is -6.56. The number of nitrogens with one attached hydrogen (secondary N) is 1. The molecule has 3 aromatic rings. The molecule has 1 aliphatic rings. The number of aliphatic hydroxyl groups is 1. The first kappa shape index (κ1) is 18.7. The van der Waals surface area contributed by atoms with Crippen molar-refractivity contribution >= 4 is 10.9 Å². The van der Waals surface area contributed by atoms with Crippen LogP contribution in [-0.4, -0.2) is 21.9 Å². The molecule has 2 aromatic carbocycles. The smallest absolute Gasteiger partial charge is 0.417 e. The van der Waals surface area contributed by atoms with Crippen LogP contribution < -0.4 is 4.74 Å². The van der Waals surface area contributed by atoms with Gasteiger partial charge in [-0.05, 0) is 31.2 Å². The van der Waals surface area contributed by atoms with Gasteiger partial charge in [0.05, 0.1) is 5.52 Å². The number of para-hydroxylation sites is 1. The largest absolute Gasteiger partial charge is 0.482 e. The predicted octanol–water partition coefficient (Wildman–Crippen LogP) is 4.98. The first-order chi connectivity index (χ1) is 13.0. The van der Waals surface area contributed by atoms with E-state index in [-0.39, 0.29) is 17.0 Å². The van der Waals surface area contributed by atoms with Gasteiger partial charge in [0.25, 0.3) is 0 Å². The van der Waals surface area contributed by atoms with Gasteiger partial charge < -0.3 is 14.8 Å². The van der Waals surface area contributed by atoms with E-state index >= 15 is 0 Å². The van der Waals surface area contributed by atoms with Crippen molar-refractivity contribution in [2.24, 2.45) is 0 Å². The van der Waals surface area contributed by atoms with Crippen molar-refractivity contribution in [2.45, 2.75) is 37.1 Å². The molecule has 0 aliphatic carbocycles. The van der Waals surface area contributed by atoms with Crippen LogP contribution in [0.4, 0.5) is 22.0 Å². The number of alkyl halides is 3. The Morgan fingerprint density at radius 3 is 2.50 bits per heavy atom. The van der Waals surface area contributed by atoms with Crippen molar-refractivity contribution in [3.05, 3.63) is 65.4 Å². The highest BCUT2D eigenvalue weighted by Gasteiger charge is 2.59. The summed E-state index contributed by atoms with van der Waals surface area (Å²) < 4.78 is 73.9. The molecule has 2 heterocycles. The van der Waals surface area contributed by atoms with Crippen LogP contribution >= 0.6 is 0 Å². The summed E-state index contributed by atoms with van der Waals surface area (Å²) in [7, 11) is 0. The Morgan fingerprint density at radius 2 is 1.86 bits per heavy atom. The van der Waals surface area contributed by atoms with Gasteiger partial charge in [-0.25, -0.2) is 8.78 Å². The third-order valence-electron chi connectivity index (χ3n) is 5.15. The van der Waals surface area contributed by atoms with Crippen molar-refractivity contribution in [3.63, 3.8) is 0 Å². The number of hydrogen-bond acceptors (Lipinski definition) is 2. The van der Waals surface area contributed by atoms with Crippen molar-refractivity contribution in [1.29, 1.82) is 0 Å². The molecule has 0 amide bonds. The van der Waals surface area contributed by atoms with Crippen LogP contribution in [0.3, 0.4) is 0 Å². The number of H-pyrrole nitrogens is 1. The van der Waals surface area contributed by atoms with E-state index in [0.29, 0.717) is 10.9 Å². The topological polar surface area (TPSA) is 45.2 Å². The standard InChI is InChI=1S/C20H16F5NO2/c1-18(14-6-5-12(21)8-16(14)28-18)10-19(27,20(23,24)25)9-13-7-11-3-2-4-15(22)17(11)26-13/h2-8,26-27H,9-10H2,1H3. The lowest BCUT2D eigenvalue weighted by atomic mass is 9.77. The van der Waals surface area contributed by atoms with E-state index in [2.05, 4.69) is 4.98 Å². The molecule has 3 nitrogen and oxygen atoms in total. The summed E-state index contributed by atoms with van der Waals surface area (Å²) >= 11 is 0. The number of aromatic nitrogens is 1. The molecule has 28 heavy (non-hydrogen) atoms. The lowest BCUT2D eigenvalue weighted by molar-refractivity contribution is -0.276. The monoisotopic (exact) mass is 397 g/mol. The van der Waals surface area contributed by atoms with Crippen LogP contribution in [0.25, 0.3) is 10.9 Å². The molecule has 1 aromatic heterocycles. The van der Waals surface area contributed by atoms with Gasteiger partial charge in [0, 0.05) is 35.6 Å². The summed E-state index contributed by atoms with van der Waals surface area (Å²) in [6, 6.07) is 9.15. The highest BCUT2D eigenvalue weighted by atomic mass is 19.4. The van der Waals surface area contributed by atoms with Gasteiger partial charge in [0.2, 0.25) is 0 Å². The average molecular weight is 397 g/mol. The number of halogens is 5. The van der Waals surface area contributed by atoms with E-state index in [1.807, 2.05) is 0 Å². The predicted molar refractivity (Wildman–Crippen MR) is 92.0 cm³/mol. The van der Waals surface area contributed by atoms with E-state index in [9.17, 15) is 27.1 Å². The zero-order valence-electron chi connectivity index (χ0n) is 14.7. The Morgan fingerprint density at radius 1 is 1.11 bits per heavy atom. The number of hydrogen-bond donors (Lipinski definition) is 2. The first-order valence-corrected chi connectivity index (χ1v) is 8.55. The normalized spacial score (nSPS) is 21.0. The Labute approximate surface area is 156 Å². The van der Waals surface area contributed by atoms with Crippen LogP contribution in [0.2, 0.25) is 0 Å². The second kappa shape index (κ2) is 5.94. The summed E-state index contributed by atoms with van der Waals surface area (Å²) in [4.78, 5) is 2.61. The third kappa shape index (κ3) is 2.92. The summed E-state index contributed by atoms with van der Waals surface area (Å²) in [5.41, 5.74) is -4.05. The van der Waals surface area contributed by atoms with Crippen LogP contribution in [0.1, 0.15) is 24.6 Å². The minimum Gasteiger partial charge on any atom is -0.482 e. The number of rotatable bonds is 4. The average Bonchev–Trinajstić information content (AvgIpc) is 2.96. The van der Waals surface area contributed by atoms with Gasteiger partial charge in [-0.1, -0.05) is 12.1 Å². The molecule has 4 rings (SSSR count). The van der Waals surface area contributed by atoms with Crippen molar-refractivity contribution in [3.8, 4) is 5.75 Å². The highest BCUT2D eigenvalue weighted by molar-refractivity contribution is 5.80. The number of benzene rings is 2. The molecule has 1 aliphatic heterocycles. The fourth-order valence-electron chi connectivity index (χ4n) is 3.81. The second-order valence-corrected chi connectivity index (χ2v) is 7.35. The second-order valence-electron chi connectivity index (χ2n) is 7.35. The molecule has 0 saturated heterocycles. The van der Waals surface area contributed by atoms with Gasteiger partial charge in [-0.2, -0.15) is 13.2 Å². The zero-order valence-corrected chi connectivity index (χ0v) is 14.7. The van der Waals surface area contributed by atoms with Crippen molar-refractivity contribution < 1.29 is 31.8 Å². The maximum atomic E-state index is 13.8. The summed E-state index contributed by atoms with van der Waals surface area (Å²) in [5, 5.41) is 11.0. The quantitative estimate of drug-likeness (QED) is 0.610. The molecule has 0 saturated carbocycles. The molecular formula is C20H16F5NO2. The number of fused-ring (bicyclic) bond motifs is 2. The van der Waals surface area contributed by atoms with E-state index in [1.54, 1.807) is 6.07 Å². The van der Waals surface area contributed by atoms with Gasteiger partial charge in [0.1, 0.15) is 23.0 Å². The van der Waals surface area contributed by atoms with Gasteiger partial charge in [0.15, 0.2) is 5.60 Å². The molecule has 2 N–H and O–H groups in total. The lowest BCUT2D eigenvalue weighted by Crippen LogP contribution is -2.54. The fourth-order valence-corrected chi connectivity index (χ4v) is 3.81. The Bertz CT molecular complexity index is 1060. The van der Waals surface area contributed by atoms with Crippen LogP contribution in [0.15, 0.2) is 42.5 Å². The van der Waals surface area contributed by atoms with Crippen LogP contribution in [-0.2, 0) is 12.0 Å². The minimum atomic E-state index is -4.97. The molecule has 0 radical (unpaired) electrons. The van der Waals surface area contributed by atoms with Crippen molar-refractivity contribution in [2.75, 3.05) is 0 Å². The number of ether oxygens (including phenoxy) is 1.